The number of benzene rings is 2. The maximum atomic E-state index is 12.4. The molecule has 0 aliphatic rings. The van der Waals surface area contributed by atoms with E-state index in [1.165, 1.54) is 0 Å². The fourth-order valence-corrected chi connectivity index (χ4v) is 3.50. The van der Waals surface area contributed by atoms with E-state index in [2.05, 4.69) is 15.5 Å². The maximum Gasteiger partial charge on any atom is 0.286 e. The Morgan fingerprint density at radius 2 is 1.87 bits per heavy atom. The number of carbonyl (C=O) groups is 1. The largest absolute Gasteiger partial charge is 0.493 e. The minimum atomic E-state index is -0.370. The number of halogens is 2. The SMILES string of the molecule is CCCOc1cc(/C=C(\Cl)c2nnc(C(=O)Nc3ccc(Cl)cc3)s2)ccc1OC. The molecule has 3 aromatic rings. The third-order valence-electron chi connectivity index (χ3n) is 3.87. The Morgan fingerprint density at radius 1 is 1.13 bits per heavy atom. The van der Waals surface area contributed by atoms with Crippen molar-refractivity contribution in [1.82, 2.24) is 10.2 Å². The number of nitrogens with one attached hydrogen (secondary N) is 1. The molecule has 0 radical (unpaired) electrons. The summed E-state index contributed by atoms with van der Waals surface area (Å²) in [7, 11) is 1.59. The zero-order valence-corrected chi connectivity index (χ0v) is 18.6. The van der Waals surface area contributed by atoms with E-state index in [1.807, 2.05) is 25.1 Å². The first-order valence-electron chi connectivity index (χ1n) is 9.09. The highest BCUT2D eigenvalue weighted by atomic mass is 35.5. The number of hydrogen-bond donors (Lipinski definition) is 1. The lowest BCUT2D eigenvalue weighted by Crippen LogP contribution is -2.11. The highest BCUT2D eigenvalue weighted by Gasteiger charge is 2.15. The van der Waals surface area contributed by atoms with E-state index in [4.69, 9.17) is 32.7 Å². The summed E-state index contributed by atoms with van der Waals surface area (Å²) in [6.45, 7) is 2.61. The van der Waals surface area contributed by atoms with Crippen LogP contribution in [0, 0.1) is 0 Å². The summed E-state index contributed by atoms with van der Waals surface area (Å²) in [5.41, 5.74) is 1.43. The fourth-order valence-electron chi connectivity index (χ4n) is 2.45. The summed E-state index contributed by atoms with van der Waals surface area (Å²) in [4.78, 5) is 12.4. The van der Waals surface area contributed by atoms with E-state index in [-0.39, 0.29) is 10.9 Å². The number of hydrogen-bond acceptors (Lipinski definition) is 6. The van der Waals surface area contributed by atoms with Gasteiger partial charge in [-0.05, 0) is 54.5 Å². The molecule has 2 aromatic carbocycles. The summed E-state index contributed by atoms with van der Waals surface area (Å²) in [6.07, 6.45) is 2.62. The van der Waals surface area contributed by atoms with Crippen LogP contribution in [0.25, 0.3) is 11.1 Å². The number of nitrogens with zero attached hydrogens (tertiary/aromatic N) is 2. The molecule has 156 valence electrons. The van der Waals surface area contributed by atoms with E-state index in [0.717, 1.165) is 23.3 Å². The molecule has 0 unspecified atom stereocenters. The van der Waals surface area contributed by atoms with E-state index in [1.54, 1.807) is 37.5 Å². The lowest BCUT2D eigenvalue weighted by molar-refractivity contribution is 0.102. The Balaban J connectivity index is 1.75. The Hall–Kier alpha value is -2.61. The molecule has 0 aliphatic carbocycles. The van der Waals surface area contributed by atoms with Gasteiger partial charge >= 0.3 is 0 Å². The number of anilines is 1. The summed E-state index contributed by atoms with van der Waals surface area (Å²) < 4.78 is 11.0. The number of aromatic nitrogens is 2. The molecule has 0 fully saturated rings. The predicted octanol–water partition coefficient (Wildman–Crippen LogP) is 5.98. The van der Waals surface area contributed by atoms with Gasteiger partial charge in [-0.3, -0.25) is 4.79 Å². The maximum absolute atomic E-state index is 12.4. The van der Waals surface area contributed by atoms with Crippen molar-refractivity contribution in [2.24, 2.45) is 0 Å². The van der Waals surface area contributed by atoms with Gasteiger partial charge in [0, 0.05) is 10.7 Å². The van der Waals surface area contributed by atoms with Crippen LogP contribution in [0.5, 0.6) is 11.5 Å². The third kappa shape index (κ3) is 5.72. The lowest BCUT2D eigenvalue weighted by Gasteiger charge is -2.10. The average molecular weight is 464 g/mol. The third-order valence-corrected chi connectivity index (χ3v) is 5.48. The van der Waals surface area contributed by atoms with Gasteiger partial charge in [0.2, 0.25) is 5.01 Å². The van der Waals surface area contributed by atoms with Crippen LogP contribution < -0.4 is 14.8 Å². The molecule has 9 heteroatoms. The molecule has 0 saturated heterocycles. The summed E-state index contributed by atoms with van der Waals surface area (Å²) in [5.74, 6) is 0.914. The van der Waals surface area contributed by atoms with Crippen LogP contribution in [-0.2, 0) is 0 Å². The van der Waals surface area contributed by atoms with E-state index in [0.29, 0.717) is 38.9 Å². The first-order chi connectivity index (χ1) is 14.5. The molecule has 0 aliphatic heterocycles. The molecular weight excluding hydrogens is 445 g/mol. The van der Waals surface area contributed by atoms with Gasteiger partial charge < -0.3 is 14.8 Å². The number of amides is 1. The smallest absolute Gasteiger partial charge is 0.286 e. The lowest BCUT2D eigenvalue weighted by atomic mass is 10.2. The van der Waals surface area contributed by atoms with Crippen LogP contribution in [0.1, 0.15) is 33.7 Å². The molecule has 0 spiro atoms. The monoisotopic (exact) mass is 463 g/mol. The van der Waals surface area contributed by atoms with Crippen LogP contribution in [0.3, 0.4) is 0 Å². The van der Waals surface area contributed by atoms with Crippen molar-refractivity contribution in [3.63, 3.8) is 0 Å². The van der Waals surface area contributed by atoms with Crippen LogP contribution >= 0.6 is 34.5 Å². The quantitative estimate of drug-likeness (QED) is 0.444. The van der Waals surface area contributed by atoms with Crippen molar-refractivity contribution in [2.45, 2.75) is 13.3 Å². The van der Waals surface area contributed by atoms with E-state index < -0.39 is 0 Å². The van der Waals surface area contributed by atoms with Gasteiger partial charge in [0.15, 0.2) is 16.5 Å². The Labute approximate surface area is 188 Å². The van der Waals surface area contributed by atoms with Crippen LogP contribution in [-0.4, -0.2) is 29.8 Å². The van der Waals surface area contributed by atoms with Gasteiger partial charge in [-0.2, -0.15) is 0 Å². The Kier molecular flexibility index (Phi) is 7.68. The second kappa shape index (κ2) is 10.4. The minimum Gasteiger partial charge on any atom is -0.493 e. The molecule has 30 heavy (non-hydrogen) atoms. The number of carbonyl (C=O) groups excluding carboxylic acids is 1. The molecule has 1 aromatic heterocycles. The average Bonchev–Trinajstić information content (AvgIpc) is 3.25. The Morgan fingerprint density at radius 3 is 2.57 bits per heavy atom. The molecule has 0 saturated carbocycles. The van der Waals surface area contributed by atoms with Gasteiger partial charge in [0.1, 0.15) is 0 Å². The standard InChI is InChI=1S/C21H19Cl2N3O3S/c1-3-10-29-18-12-13(4-9-17(18)28-2)11-16(23)20-25-26-21(30-20)19(27)24-15-7-5-14(22)6-8-15/h4-9,11-12H,3,10H2,1-2H3,(H,24,27)/b16-11-. The van der Waals surface area contributed by atoms with Gasteiger partial charge in [-0.1, -0.05) is 47.5 Å². The van der Waals surface area contributed by atoms with Crippen molar-refractivity contribution in [3.05, 3.63) is 63.1 Å². The highest BCUT2D eigenvalue weighted by molar-refractivity contribution is 7.15. The molecule has 1 amide bonds. The molecular formula is C21H19Cl2N3O3S. The fraction of sp³-hybridized carbons (Fsp3) is 0.190. The molecule has 1 N–H and O–H groups in total. The summed E-state index contributed by atoms with van der Waals surface area (Å²) >= 11 is 13.4. The molecule has 0 bridgehead atoms. The van der Waals surface area contributed by atoms with Crippen molar-refractivity contribution in [2.75, 3.05) is 19.0 Å². The first kappa shape index (κ1) is 22.1. The van der Waals surface area contributed by atoms with Crippen LogP contribution in [0.2, 0.25) is 5.02 Å². The number of ether oxygens (including phenoxy) is 2. The predicted molar refractivity (Wildman–Crippen MR) is 122 cm³/mol. The minimum absolute atomic E-state index is 0.202. The summed E-state index contributed by atoms with van der Waals surface area (Å²) in [5, 5.41) is 12.3. The second-order valence-corrected chi connectivity index (χ2v) is 7.95. The van der Waals surface area contributed by atoms with Gasteiger partial charge in [-0.15, -0.1) is 10.2 Å². The first-order valence-corrected chi connectivity index (χ1v) is 10.7. The Bertz CT molecular complexity index is 1050. The summed E-state index contributed by atoms with van der Waals surface area (Å²) in [6, 6.07) is 12.3. The number of rotatable bonds is 8. The van der Waals surface area contributed by atoms with Crippen LogP contribution in [0.15, 0.2) is 42.5 Å². The van der Waals surface area contributed by atoms with Crippen molar-refractivity contribution in [1.29, 1.82) is 0 Å². The number of methoxy groups -OCH3 is 1. The van der Waals surface area contributed by atoms with Crippen LogP contribution in [0.4, 0.5) is 5.69 Å². The molecule has 6 nitrogen and oxygen atoms in total. The van der Waals surface area contributed by atoms with Crippen molar-refractivity contribution < 1.29 is 14.3 Å². The van der Waals surface area contributed by atoms with Crippen molar-refractivity contribution >= 4 is 57.2 Å². The second-order valence-electron chi connectivity index (χ2n) is 6.12. The van der Waals surface area contributed by atoms with Crippen molar-refractivity contribution in [3.8, 4) is 11.5 Å². The zero-order chi connectivity index (χ0) is 21.5. The molecule has 3 rings (SSSR count). The highest BCUT2D eigenvalue weighted by Crippen LogP contribution is 2.31. The van der Waals surface area contributed by atoms with Gasteiger partial charge in [-0.25, -0.2) is 0 Å². The molecule has 0 atom stereocenters. The van der Waals surface area contributed by atoms with E-state index in [9.17, 15) is 4.79 Å². The normalized spacial score (nSPS) is 11.3. The topological polar surface area (TPSA) is 73.3 Å². The van der Waals surface area contributed by atoms with E-state index >= 15 is 0 Å². The van der Waals surface area contributed by atoms with Gasteiger partial charge in [0.05, 0.1) is 18.7 Å². The van der Waals surface area contributed by atoms with Gasteiger partial charge in [0.25, 0.3) is 5.91 Å². The molecule has 1 heterocycles. The zero-order valence-electron chi connectivity index (χ0n) is 16.3.